The van der Waals surface area contributed by atoms with Gasteiger partial charge in [-0.25, -0.2) is 0 Å². The van der Waals surface area contributed by atoms with E-state index < -0.39 is 5.44 Å². The van der Waals surface area contributed by atoms with Crippen molar-refractivity contribution in [2.75, 3.05) is 6.54 Å². The molecule has 0 aliphatic carbocycles. The normalized spacial score (nSPS) is 19.6. The molecule has 2 unspecified atom stereocenters. The van der Waals surface area contributed by atoms with Crippen molar-refractivity contribution >= 4 is 15.3 Å². The molecule has 0 fully saturated rings. The second-order valence-electron chi connectivity index (χ2n) is 2.67. The molecule has 2 atom stereocenters. The van der Waals surface area contributed by atoms with Gasteiger partial charge in [-0.05, 0) is 12.9 Å². The first-order chi connectivity index (χ1) is 4.48. The summed E-state index contributed by atoms with van der Waals surface area (Å²) in [4.78, 5) is 0. The Hall–Kier alpha value is 0.00987. The van der Waals surface area contributed by atoms with Gasteiger partial charge in [-0.3, -0.25) is 0 Å². The highest BCUT2D eigenvalue weighted by Crippen LogP contribution is 1.94. The van der Waals surface area contributed by atoms with E-state index in [1.807, 2.05) is 0 Å². The molecular weight excluding hydrogens is 126 g/mol. The Morgan fingerprint density at radius 1 is 1.80 bits per heavy atom. The zero-order valence-corrected chi connectivity index (χ0v) is 6.50. The second-order valence-corrected chi connectivity index (χ2v) is 2.67. The predicted molar refractivity (Wildman–Crippen MR) is 43.7 cm³/mol. The van der Waals surface area contributed by atoms with E-state index >= 15 is 0 Å². The summed E-state index contributed by atoms with van der Waals surface area (Å²) in [6.07, 6.45) is 0. The van der Waals surface area contributed by atoms with Crippen LogP contribution in [0.25, 0.3) is 0 Å². The fourth-order valence-electron chi connectivity index (χ4n) is 0.311. The fraction of sp³-hybridized carbons (Fsp3) is 1.00. The molecule has 0 rings (SSSR count). The van der Waals surface area contributed by atoms with Crippen molar-refractivity contribution in [3.05, 3.63) is 0 Å². The summed E-state index contributed by atoms with van der Waals surface area (Å²) >= 11 is 0. The van der Waals surface area contributed by atoms with E-state index in [0.29, 0.717) is 6.54 Å². The molecule has 0 aromatic heterocycles. The molecule has 4 N–H and O–H groups in total. The minimum absolute atomic E-state index is 0.325. The van der Waals surface area contributed by atoms with Crippen LogP contribution in [0.5, 0.6) is 0 Å². The van der Waals surface area contributed by atoms with Crippen molar-refractivity contribution < 1.29 is 4.65 Å². The summed E-state index contributed by atoms with van der Waals surface area (Å²) in [7, 11) is 6.77. The van der Waals surface area contributed by atoms with Crippen LogP contribution in [-0.4, -0.2) is 33.3 Å². The largest absolute Gasteiger partial charge is 0.444 e. The van der Waals surface area contributed by atoms with Crippen molar-refractivity contribution in [2.24, 2.45) is 11.5 Å². The van der Waals surface area contributed by atoms with E-state index in [4.69, 9.17) is 24.0 Å². The summed E-state index contributed by atoms with van der Waals surface area (Å²) in [5.41, 5.74) is 10.3. The third-order valence-electron chi connectivity index (χ3n) is 0.992. The first-order valence-corrected chi connectivity index (χ1v) is 3.22. The Morgan fingerprint density at radius 3 is 2.60 bits per heavy atom. The van der Waals surface area contributed by atoms with Crippen LogP contribution in [0.15, 0.2) is 0 Å². The smallest absolute Gasteiger partial charge is 0.314 e. The summed E-state index contributed by atoms with van der Waals surface area (Å²) in [5.74, 6) is 0. The van der Waals surface area contributed by atoms with Crippen LogP contribution in [0.3, 0.4) is 0 Å². The highest BCUT2D eigenvalue weighted by molar-refractivity contribution is 6.33. The third-order valence-corrected chi connectivity index (χ3v) is 0.992. The van der Waals surface area contributed by atoms with Crippen LogP contribution in [0.4, 0.5) is 0 Å². The molecule has 5 heteroatoms. The molecule has 0 bridgehead atoms. The zero-order chi connectivity index (χ0) is 8.20. The quantitative estimate of drug-likeness (QED) is 0.479. The van der Waals surface area contributed by atoms with Gasteiger partial charge in [0.05, 0.1) is 0 Å². The van der Waals surface area contributed by atoms with Crippen LogP contribution in [0, 0.1) is 0 Å². The highest BCUT2D eigenvalue weighted by Gasteiger charge is 2.19. The van der Waals surface area contributed by atoms with Crippen LogP contribution in [-0.2, 0) is 4.65 Å². The third kappa shape index (κ3) is 4.85. The van der Waals surface area contributed by atoms with Gasteiger partial charge in [0, 0.05) is 12.0 Å². The van der Waals surface area contributed by atoms with Crippen LogP contribution < -0.4 is 11.5 Å². The Labute approximate surface area is 64.2 Å². The highest BCUT2D eigenvalue weighted by atomic mass is 16.4. The average Bonchev–Trinajstić information content (AvgIpc) is 1.85. The average molecular weight is 139 g/mol. The minimum atomic E-state index is -0.576. The van der Waals surface area contributed by atoms with E-state index in [0.717, 1.165) is 0 Å². The lowest BCUT2D eigenvalue weighted by Crippen LogP contribution is -2.51. The van der Waals surface area contributed by atoms with Gasteiger partial charge in [-0.2, -0.15) is 0 Å². The van der Waals surface area contributed by atoms with Crippen LogP contribution in [0.2, 0.25) is 0 Å². The van der Waals surface area contributed by atoms with E-state index in [1.165, 1.54) is 7.48 Å². The molecule has 0 aromatic carbocycles. The van der Waals surface area contributed by atoms with Crippen molar-refractivity contribution in [1.82, 2.24) is 0 Å². The van der Waals surface area contributed by atoms with E-state index in [9.17, 15) is 0 Å². The molecule has 0 heterocycles. The molecule has 3 radical (unpaired) electrons. The predicted octanol–water partition coefficient (Wildman–Crippen LogP) is -1.23. The van der Waals surface area contributed by atoms with Gasteiger partial charge < -0.3 is 16.1 Å². The lowest BCUT2D eigenvalue weighted by molar-refractivity contribution is 0.301. The number of hydrogen-bond donors (Lipinski definition) is 2. The lowest BCUT2D eigenvalue weighted by atomic mass is 9.73. The summed E-state index contributed by atoms with van der Waals surface area (Å²) in [6.45, 7) is 3.85. The van der Waals surface area contributed by atoms with E-state index in [1.54, 1.807) is 13.8 Å². The van der Waals surface area contributed by atoms with Gasteiger partial charge in [0.25, 0.3) is 0 Å². The summed E-state index contributed by atoms with van der Waals surface area (Å²) < 4.78 is 4.95. The van der Waals surface area contributed by atoms with Gasteiger partial charge in [-0.1, -0.05) is 6.92 Å². The Morgan fingerprint density at radius 2 is 2.30 bits per heavy atom. The molecule has 0 saturated heterocycles. The molecule has 0 spiro atoms. The molecular formula is C5H13B2N2O. The monoisotopic (exact) mass is 139 g/mol. The molecule has 0 aromatic rings. The number of hydrogen-bond acceptors (Lipinski definition) is 3. The SMILES string of the molecule is [B]C(C)O[B]C(C)(N)CN. The van der Waals surface area contributed by atoms with Crippen molar-refractivity contribution in [2.45, 2.75) is 25.3 Å². The van der Waals surface area contributed by atoms with Gasteiger partial charge in [0.2, 0.25) is 0 Å². The molecule has 10 heavy (non-hydrogen) atoms. The van der Waals surface area contributed by atoms with E-state index in [2.05, 4.69) is 0 Å². The molecule has 0 aliphatic heterocycles. The lowest BCUT2D eigenvalue weighted by Gasteiger charge is -2.21. The van der Waals surface area contributed by atoms with Gasteiger partial charge in [-0.15, -0.1) is 0 Å². The minimum Gasteiger partial charge on any atom is -0.444 e. The Bertz CT molecular complexity index is 97.6. The maximum Gasteiger partial charge on any atom is 0.314 e. The molecule has 0 saturated carbocycles. The maximum absolute atomic E-state index is 5.60. The van der Waals surface area contributed by atoms with Crippen molar-refractivity contribution in [3.63, 3.8) is 0 Å². The molecule has 55 valence electrons. The Balaban J connectivity index is 3.46. The molecule has 0 aliphatic rings. The van der Waals surface area contributed by atoms with Crippen molar-refractivity contribution in [1.29, 1.82) is 0 Å². The Kier molecular flexibility index (Phi) is 4.01. The topological polar surface area (TPSA) is 61.3 Å². The summed E-state index contributed by atoms with van der Waals surface area (Å²) in [6, 6.07) is -0.325. The number of nitrogens with two attached hydrogens (primary N) is 2. The second kappa shape index (κ2) is 4.01. The van der Waals surface area contributed by atoms with E-state index in [-0.39, 0.29) is 6.00 Å². The van der Waals surface area contributed by atoms with Crippen LogP contribution in [0.1, 0.15) is 13.8 Å². The number of rotatable bonds is 4. The van der Waals surface area contributed by atoms with Crippen molar-refractivity contribution in [3.8, 4) is 0 Å². The standard InChI is InChI=1S/C5H13B2N2O/c1-4(6)10-7-5(2,9)3-8/h4H,3,8-9H2,1-2H3. The molecule has 0 amide bonds. The van der Waals surface area contributed by atoms with Crippen LogP contribution >= 0.6 is 0 Å². The maximum atomic E-state index is 5.60. The summed E-state index contributed by atoms with van der Waals surface area (Å²) in [5, 5.41) is 0. The van der Waals surface area contributed by atoms with Gasteiger partial charge in [0.15, 0.2) is 0 Å². The molecule has 3 nitrogen and oxygen atoms in total. The zero-order valence-electron chi connectivity index (χ0n) is 6.50. The first kappa shape index (κ1) is 10.0. The first-order valence-electron chi connectivity index (χ1n) is 3.22. The van der Waals surface area contributed by atoms with Gasteiger partial charge in [0.1, 0.15) is 7.85 Å². The fourth-order valence-corrected chi connectivity index (χ4v) is 0.311. The van der Waals surface area contributed by atoms with Gasteiger partial charge >= 0.3 is 7.48 Å².